The molecule has 22 heavy (non-hydrogen) atoms. The second-order valence-corrected chi connectivity index (χ2v) is 8.26. The molecule has 2 nitrogen and oxygen atoms in total. The number of carbonyl (C=O) groups is 2. The molecule has 0 bridgehead atoms. The fourth-order valence-electron chi connectivity index (χ4n) is 6.48. The predicted octanol–water partition coefficient (Wildman–Crippen LogP) is 4.11. The maximum Gasteiger partial charge on any atom is 0.178 e. The first kappa shape index (κ1) is 14.4. The van der Waals surface area contributed by atoms with Crippen LogP contribution in [0.15, 0.2) is 23.8 Å². The quantitative estimate of drug-likeness (QED) is 0.730. The minimum atomic E-state index is 0.169. The Morgan fingerprint density at radius 1 is 1.18 bits per heavy atom. The average Bonchev–Trinajstić information content (AvgIpc) is 2.84. The summed E-state index contributed by atoms with van der Waals surface area (Å²) in [7, 11) is 0. The first-order valence-corrected chi connectivity index (χ1v) is 8.94. The minimum absolute atomic E-state index is 0.169. The summed E-state index contributed by atoms with van der Waals surface area (Å²) in [5.74, 6) is 3.53. The van der Waals surface area contributed by atoms with Crippen molar-refractivity contribution in [3.8, 4) is 0 Å². The largest absolute Gasteiger partial charge is 0.300 e. The van der Waals surface area contributed by atoms with Crippen LogP contribution in [0, 0.1) is 35.0 Å². The maximum atomic E-state index is 12.1. The fourth-order valence-corrected chi connectivity index (χ4v) is 6.48. The van der Waals surface area contributed by atoms with E-state index in [0.717, 1.165) is 18.8 Å². The molecule has 0 aromatic rings. The summed E-state index contributed by atoms with van der Waals surface area (Å²) in [6, 6.07) is 0. The minimum Gasteiger partial charge on any atom is -0.300 e. The van der Waals surface area contributed by atoms with Gasteiger partial charge in [0.05, 0.1) is 0 Å². The Labute approximate surface area is 133 Å². The van der Waals surface area contributed by atoms with Crippen molar-refractivity contribution in [1.29, 1.82) is 0 Å². The molecule has 0 spiro atoms. The van der Waals surface area contributed by atoms with Crippen LogP contribution in [0.1, 0.15) is 52.4 Å². The van der Waals surface area contributed by atoms with Gasteiger partial charge in [0.15, 0.2) is 5.78 Å². The number of allylic oxidation sites excluding steroid dienone is 4. The molecule has 3 fully saturated rings. The normalized spacial score (nSPS) is 46.5. The van der Waals surface area contributed by atoms with Crippen molar-refractivity contribution < 1.29 is 9.59 Å². The molecular formula is C20H26O2. The van der Waals surface area contributed by atoms with Crippen molar-refractivity contribution in [2.24, 2.45) is 35.0 Å². The molecule has 0 radical (unpaired) electrons. The van der Waals surface area contributed by atoms with Gasteiger partial charge in [0.1, 0.15) is 5.78 Å². The summed E-state index contributed by atoms with van der Waals surface area (Å²) in [5, 5.41) is 0. The summed E-state index contributed by atoms with van der Waals surface area (Å²) < 4.78 is 0. The lowest BCUT2D eigenvalue weighted by Gasteiger charge is -2.53. The standard InChI is InChI=1S/C20H26O2/c1-12(21)18-7-8-19-17-5-3-13-11-14(22)4-6-15(13)16(17)9-10-20(18,19)2/h4,6,11,15-19H,3,5,7-10H2,1-2H3/t15-,16+,17+,18+,19-,20+/m0/s1. The topological polar surface area (TPSA) is 34.1 Å². The molecular weight excluding hydrogens is 272 g/mol. The Balaban J connectivity index is 1.63. The second kappa shape index (κ2) is 4.91. The highest BCUT2D eigenvalue weighted by Gasteiger charge is 2.56. The molecule has 0 saturated heterocycles. The zero-order chi connectivity index (χ0) is 15.5. The van der Waals surface area contributed by atoms with Gasteiger partial charge >= 0.3 is 0 Å². The van der Waals surface area contributed by atoms with E-state index in [1.54, 1.807) is 13.0 Å². The Kier molecular flexibility index (Phi) is 3.22. The lowest BCUT2D eigenvalue weighted by atomic mass is 9.51. The number of rotatable bonds is 1. The fraction of sp³-hybridized carbons (Fsp3) is 0.700. The molecule has 3 saturated carbocycles. The predicted molar refractivity (Wildman–Crippen MR) is 86.2 cm³/mol. The molecule has 118 valence electrons. The molecule has 4 aliphatic carbocycles. The van der Waals surface area contributed by atoms with E-state index < -0.39 is 0 Å². The number of carbonyl (C=O) groups excluding carboxylic acids is 2. The summed E-state index contributed by atoms with van der Waals surface area (Å²) in [5.41, 5.74) is 1.61. The van der Waals surface area contributed by atoms with E-state index in [2.05, 4.69) is 13.0 Å². The molecule has 0 amide bonds. The van der Waals surface area contributed by atoms with Crippen molar-refractivity contribution in [3.05, 3.63) is 23.8 Å². The van der Waals surface area contributed by atoms with E-state index in [0.29, 0.717) is 29.5 Å². The lowest BCUT2D eigenvalue weighted by Crippen LogP contribution is -2.46. The third-order valence-electron chi connectivity index (χ3n) is 7.43. The van der Waals surface area contributed by atoms with Gasteiger partial charge < -0.3 is 0 Å². The van der Waals surface area contributed by atoms with Crippen LogP contribution in [0.3, 0.4) is 0 Å². The van der Waals surface area contributed by atoms with Crippen molar-refractivity contribution in [1.82, 2.24) is 0 Å². The highest BCUT2D eigenvalue weighted by Crippen LogP contribution is 2.63. The van der Waals surface area contributed by atoms with Crippen molar-refractivity contribution in [2.45, 2.75) is 52.4 Å². The van der Waals surface area contributed by atoms with Crippen LogP contribution in [0.5, 0.6) is 0 Å². The van der Waals surface area contributed by atoms with Gasteiger partial charge in [-0.3, -0.25) is 9.59 Å². The third-order valence-corrected chi connectivity index (χ3v) is 7.43. The Morgan fingerprint density at radius 3 is 2.77 bits per heavy atom. The summed E-state index contributed by atoms with van der Waals surface area (Å²) >= 11 is 0. The van der Waals surface area contributed by atoms with Gasteiger partial charge in [-0.1, -0.05) is 18.6 Å². The zero-order valence-corrected chi connectivity index (χ0v) is 13.7. The molecule has 2 heteroatoms. The molecule has 4 aliphatic rings. The van der Waals surface area contributed by atoms with Gasteiger partial charge in [0, 0.05) is 11.8 Å². The molecule has 0 N–H and O–H groups in total. The molecule has 0 aromatic heterocycles. The monoisotopic (exact) mass is 298 g/mol. The molecule has 0 unspecified atom stereocenters. The number of hydrogen-bond donors (Lipinski definition) is 0. The highest BCUT2D eigenvalue weighted by atomic mass is 16.1. The Bertz CT molecular complexity index is 585. The van der Waals surface area contributed by atoms with Gasteiger partial charge in [0.25, 0.3) is 0 Å². The van der Waals surface area contributed by atoms with Crippen LogP contribution >= 0.6 is 0 Å². The maximum absolute atomic E-state index is 12.1. The van der Waals surface area contributed by atoms with Gasteiger partial charge in [0.2, 0.25) is 0 Å². The number of ketones is 2. The Hall–Kier alpha value is -1.18. The molecule has 6 atom stereocenters. The van der Waals surface area contributed by atoms with Crippen LogP contribution < -0.4 is 0 Å². The molecule has 0 heterocycles. The van der Waals surface area contributed by atoms with E-state index in [4.69, 9.17) is 0 Å². The van der Waals surface area contributed by atoms with E-state index in [1.807, 2.05) is 6.08 Å². The van der Waals surface area contributed by atoms with Crippen molar-refractivity contribution in [2.75, 3.05) is 0 Å². The second-order valence-electron chi connectivity index (χ2n) is 8.26. The van der Waals surface area contributed by atoms with Crippen molar-refractivity contribution in [3.63, 3.8) is 0 Å². The van der Waals surface area contributed by atoms with Crippen LogP contribution in [-0.2, 0) is 9.59 Å². The van der Waals surface area contributed by atoms with Gasteiger partial charge in [-0.15, -0.1) is 0 Å². The first-order chi connectivity index (χ1) is 10.5. The lowest BCUT2D eigenvalue weighted by molar-refractivity contribution is -0.126. The molecule has 0 aliphatic heterocycles. The van der Waals surface area contributed by atoms with E-state index >= 15 is 0 Å². The van der Waals surface area contributed by atoms with Gasteiger partial charge in [-0.25, -0.2) is 0 Å². The van der Waals surface area contributed by atoms with Crippen LogP contribution in [0.2, 0.25) is 0 Å². The van der Waals surface area contributed by atoms with Crippen LogP contribution in [-0.4, -0.2) is 11.6 Å². The van der Waals surface area contributed by atoms with Crippen molar-refractivity contribution >= 4 is 11.6 Å². The van der Waals surface area contributed by atoms with Crippen LogP contribution in [0.4, 0.5) is 0 Å². The summed E-state index contributed by atoms with van der Waals surface area (Å²) in [6.45, 7) is 4.18. The average molecular weight is 298 g/mol. The van der Waals surface area contributed by atoms with Gasteiger partial charge in [-0.05, 0) is 80.8 Å². The Morgan fingerprint density at radius 2 is 2.00 bits per heavy atom. The number of hydrogen-bond acceptors (Lipinski definition) is 2. The summed E-state index contributed by atoms with van der Waals surface area (Å²) in [6.07, 6.45) is 12.9. The smallest absolute Gasteiger partial charge is 0.178 e. The molecule has 0 aromatic carbocycles. The first-order valence-electron chi connectivity index (χ1n) is 8.94. The highest BCUT2D eigenvalue weighted by molar-refractivity contribution is 6.00. The van der Waals surface area contributed by atoms with E-state index in [9.17, 15) is 9.59 Å². The van der Waals surface area contributed by atoms with E-state index in [-0.39, 0.29) is 11.2 Å². The number of Topliss-reactive ketones (excluding diaryl/α,β-unsaturated/α-hetero) is 1. The SMILES string of the molecule is CC(=O)[C@H]1CC[C@H]2[C@@H]3CCC4=CC(=O)C=C[C@@H]4[C@H]3CC[C@]12C. The van der Waals surface area contributed by atoms with Crippen LogP contribution in [0.25, 0.3) is 0 Å². The van der Waals surface area contributed by atoms with E-state index in [1.165, 1.54) is 31.3 Å². The van der Waals surface area contributed by atoms with Gasteiger partial charge in [-0.2, -0.15) is 0 Å². The third kappa shape index (κ3) is 1.92. The zero-order valence-electron chi connectivity index (χ0n) is 13.7. The number of fused-ring (bicyclic) bond motifs is 5. The summed E-state index contributed by atoms with van der Waals surface area (Å²) in [4.78, 5) is 23.7. The molecule has 4 rings (SSSR count).